The molecule has 1 saturated carbocycles. The summed E-state index contributed by atoms with van der Waals surface area (Å²) < 4.78 is 16.4. The Bertz CT molecular complexity index is 1400. The van der Waals surface area contributed by atoms with Crippen molar-refractivity contribution in [2.24, 2.45) is 17.4 Å². The number of hydrogen-bond acceptors (Lipinski definition) is 3. The van der Waals surface area contributed by atoms with Gasteiger partial charge in [0.15, 0.2) is 0 Å². The second-order valence-electron chi connectivity index (χ2n) is 9.97. The Labute approximate surface area is 202 Å². The minimum Gasteiger partial charge on any atom is -0.384 e. The lowest BCUT2D eigenvalue weighted by Crippen LogP contribution is -2.49. The molecule has 7 nitrogen and oxygen atoms in total. The maximum atomic E-state index is 14.6. The average molecular weight is 474 g/mol. The fourth-order valence-corrected chi connectivity index (χ4v) is 5.66. The highest BCUT2D eigenvalue weighted by molar-refractivity contribution is 6.02. The number of amides is 2. The SMILES string of the molecule is CC1CC2=C(F)CC(NC(=O)c3cc4ccc(C(=N)N)cc4n3Cc3ccc(C(N)=O)cc3)(C2)C1. The Morgan fingerprint density at radius 3 is 2.51 bits per heavy atom. The molecule has 0 aliphatic heterocycles. The maximum Gasteiger partial charge on any atom is 0.268 e. The number of fused-ring (bicyclic) bond motifs is 3. The molecule has 2 bridgehead atoms. The number of amidine groups is 1. The first kappa shape index (κ1) is 22.8. The zero-order valence-electron chi connectivity index (χ0n) is 19.5. The molecule has 1 aromatic heterocycles. The van der Waals surface area contributed by atoms with Gasteiger partial charge in [-0.05, 0) is 60.6 Å². The molecular formula is C27H28FN5O2. The number of carbonyl (C=O) groups is 2. The number of hydrogen-bond donors (Lipinski definition) is 4. The molecule has 180 valence electrons. The second-order valence-corrected chi connectivity index (χ2v) is 9.97. The van der Waals surface area contributed by atoms with Crippen molar-refractivity contribution in [3.63, 3.8) is 0 Å². The summed E-state index contributed by atoms with van der Waals surface area (Å²) in [7, 11) is 0. The van der Waals surface area contributed by atoms with E-state index in [2.05, 4.69) is 12.2 Å². The fraction of sp³-hybridized carbons (Fsp3) is 0.296. The Morgan fingerprint density at radius 2 is 1.83 bits per heavy atom. The number of nitrogen functional groups attached to an aromatic ring is 1. The van der Waals surface area contributed by atoms with Crippen LogP contribution in [0.5, 0.6) is 0 Å². The first-order valence-electron chi connectivity index (χ1n) is 11.7. The van der Waals surface area contributed by atoms with Gasteiger partial charge in [0.1, 0.15) is 17.4 Å². The monoisotopic (exact) mass is 473 g/mol. The molecular weight excluding hydrogens is 445 g/mol. The van der Waals surface area contributed by atoms with Gasteiger partial charge in [0.05, 0.1) is 5.54 Å². The minimum atomic E-state index is -0.594. The topological polar surface area (TPSA) is 127 Å². The predicted octanol–water partition coefficient (Wildman–Crippen LogP) is 3.99. The Balaban J connectivity index is 1.53. The van der Waals surface area contributed by atoms with Gasteiger partial charge in [-0.3, -0.25) is 15.0 Å². The van der Waals surface area contributed by atoms with Crippen molar-refractivity contribution in [1.29, 1.82) is 5.41 Å². The highest BCUT2D eigenvalue weighted by Gasteiger charge is 2.45. The summed E-state index contributed by atoms with van der Waals surface area (Å²) in [6.45, 7) is 2.45. The third-order valence-corrected chi connectivity index (χ3v) is 7.17. The number of nitrogens with two attached hydrogens (primary N) is 2. The number of benzene rings is 2. The average Bonchev–Trinajstić information content (AvgIpc) is 3.27. The molecule has 1 fully saturated rings. The van der Waals surface area contributed by atoms with Crippen molar-refractivity contribution < 1.29 is 14.0 Å². The summed E-state index contributed by atoms with van der Waals surface area (Å²) >= 11 is 0. The largest absolute Gasteiger partial charge is 0.384 e. The van der Waals surface area contributed by atoms with E-state index in [4.69, 9.17) is 16.9 Å². The van der Waals surface area contributed by atoms with E-state index < -0.39 is 11.4 Å². The van der Waals surface area contributed by atoms with Gasteiger partial charge in [0.25, 0.3) is 5.91 Å². The van der Waals surface area contributed by atoms with Crippen LogP contribution in [0.2, 0.25) is 0 Å². The molecule has 2 aliphatic rings. The lowest BCUT2D eigenvalue weighted by atomic mass is 9.77. The van der Waals surface area contributed by atoms with Crippen molar-refractivity contribution in [1.82, 2.24) is 9.88 Å². The van der Waals surface area contributed by atoms with Crippen molar-refractivity contribution in [3.8, 4) is 0 Å². The molecule has 1 heterocycles. The van der Waals surface area contributed by atoms with E-state index in [0.717, 1.165) is 34.9 Å². The number of rotatable bonds is 6. The van der Waals surface area contributed by atoms with Crippen LogP contribution in [-0.2, 0) is 6.54 Å². The number of aromatic nitrogens is 1. The zero-order valence-corrected chi connectivity index (χ0v) is 19.5. The van der Waals surface area contributed by atoms with Crippen LogP contribution in [0.15, 0.2) is 59.9 Å². The molecule has 0 radical (unpaired) electrons. The van der Waals surface area contributed by atoms with E-state index in [-0.39, 0.29) is 24.0 Å². The summed E-state index contributed by atoms with van der Waals surface area (Å²) in [6.07, 6.45) is 2.28. The van der Waals surface area contributed by atoms with Crippen LogP contribution >= 0.6 is 0 Å². The van der Waals surface area contributed by atoms with Gasteiger partial charge >= 0.3 is 0 Å². The molecule has 35 heavy (non-hydrogen) atoms. The van der Waals surface area contributed by atoms with Crippen molar-refractivity contribution >= 4 is 28.6 Å². The first-order valence-corrected chi connectivity index (χ1v) is 11.7. The molecule has 2 aliphatic carbocycles. The van der Waals surface area contributed by atoms with Crippen LogP contribution in [0.3, 0.4) is 0 Å². The number of nitrogens with one attached hydrogen (secondary N) is 2. The second kappa shape index (κ2) is 8.37. The lowest BCUT2D eigenvalue weighted by Gasteiger charge is -2.36. The predicted molar refractivity (Wildman–Crippen MR) is 133 cm³/mol. The van der Waals surface area contributed by atoms with Gasteiger partial charge in [0, 0.05) is 35.0 Å². The quantitative estimate of drug-likeness (QED) is 0.319. The van der Waals surface area contributed by atoms with E-state index in [0.29, 0.717) is 35.7 Å². The molecule has 5 rings (SSSR count). The minimum absolute atomic E-state index is 0.0634. The van der Waals surface area contributed by atoms with E-state index >= 15 is 0 Å². The van der Waals surface area contributed by atoms with E-state index in [1.165, 1.54) is 0 Å². The van der Waals surface area contributed by atoms with Gasteiger partial charge in [-0.15, -0.1) is 0 Å². The summed E-state index contributed by atoms with van der Waals surface area (Å²) in [6, 6.07) is 14.1. The normalized spacial score (nSPS) is 21.4. The highest BCUT2D eigenvalue weighted by Crippen LogP contribution is 2.47. The third-order valence-electron chi connectivity index (χ3n) is 7.17. The van der Waals surface area contributed by atoms with E-state index in [1.807, 2.05) is 16.7 Å². The van der Waals surface area contributed by atoms with Crippen LogP contribution in [0.4, 0.5) is 4.39 Å². The number of primary amides is 1. The van der Waals surface area contributed by atoms with E-state index in [9.17, 15) is 14.0 Å². The number of halogens is 1. The standard InChI is InChI=1S/C27H28FN5O2/c1-15-8-20-12-27(11-15,13-21(20)28)32-26(35)23-9-18-6-7-19(24(29)30)10-22(18)33(23)14-16-2-4-17(5-3-16)25(31)34/h2-7,9-10,15H,8,11-14H2,1H3,(H3,29,30)(H2,31,34)(H,32,35). The van der Waals surface area contributed by atoms with Gasteiger partial charge in [-0.25, -0.2) is 4.39 Å². The molecule has 2 atom stereocenters. The lowest BCUT2D eigenvalue weighted by molar-refractivity contribution is 0.0868. The zero-order chi connectivity index (χ0) is 24.9. The highest BCUT2D eigenvalue weighted by atomic mass is 19.1. The van der Waals surface area contributed by atoms with Crippen molar-refractivity contribution in [3.05, 3.63) is 82.3 Å². The fourth-order valence-electron chi connectivity index (χ4n) is 5.66. The van der Waals surface area contributed by atoms with Gasteiger partial charge in [-0.2, -0.15) is 0 Å². The first-order chi connectivity index (χ1) is 16.6. The maximum absolute atomic E-state index is 14.6. The molecule has 2 amide bonds. The van der Waals surface area contributed by atoms with Crippen molar-refractivity contribution in [2.45, 2.75) is 44.7 Å². The summed E-state index contributed by atoms with van der Waals surface area (Å²) in [5.41, 5.74) is 14.3. The molecule has 2 aromatic carbocycles. The van der Waals surface area contributed by atoms with E-state index in [1.54, 1.807) is 36.4 Å². The Hall–Kier alpha value is -3.94. The Morgan fingerprint density at radius 1 is 1.11 bits per heavy atom. The van der Waals surface area contributed by atoms with Crippen LogP contribution in [0.1, 0.15) is 64.6 Å². The van der Waals surface area contributed by atoms with Crippen LogP contribution in [0, 0.1) is 11.3 Å². The summed E-state index contributed by atoms with van der Waals surface area (Å²) in [4.78, 5) is 25.1. The molecule has 0 saturated heterocycles. The summed E-state index contributed by atoms with van der Waals surface area (Å²) in [5, 5.41) is 11.8. The van der Waals surface area contributed by atoms with Gasteiger partial charge in [-0.1, -0.05) is 31.2 Å². The van der Waals surface area contributed by atoms with Crippen LogP contribution < -0.4 is 16.8 Å². The molecule has 3 aromatic rings. The summed E-state index contributed by atoms with van der Waals surface area (Å²) in [5.74, 6) is -0.614. The smallest absolute Gasteiger partial charge is 0.268 e. The van der Waals surface area contributed by atoms with Crippen LogP contribution in [0.25, 0.3) is 10.9 Å². The number of carbonyl (C=O) groups excluding carboxylic acids is 2. The third kappa shape index (κ3) is 4.20. The van der Waals surface area contributed by atoms with Crippen molar-refractivity contribution in [2.75, 3.05) is 0 Å². The molecule has 6 N–H and O–H groups in total. The van der Waals surface area contributed by atoms with Gasteiger partial charge < -0.3 is 21.4 Å². The van der Waals surface area contributed by atoms with Crippen LogP contribution in [-0.4, -0.2) is 27.8 Å². The molecule has 2 unspecified atom stereocenters. The molecule has 8 heteroatoms. The molecule has 0 spiro atoms. The number of nitrogens with zero attached hydrogens (tertiary/aromatic N) is 1. The Kier molecular flexibility index (Phi) is 5.46. The van der Waals surface area contributed by atoms with Gasteiger partial charge in [0.2, 0.25) is 5.91 Å².